The van der Waals surface area contributed by atoms with Crippen LogP contribution in [0.1, 0.15) is 59.8 Å². The quantitative estimate of drug-likeness (QED) is 0.204. The Morgan fingerprint density at radius 1 is 1.24 bits per heavy atom. The summed E-state index contributed by atoms with van der Waals surface area (Å²) in [5.41, 5.74) is 0. The van der Waals surface area contributed by atoms with Crippen LogP contribution in [-0.4, -0.2) is 34.7 Å². The number of hydrogen-bond donors (Lipinski definition) is 0. The lowest BCUT2D eigenvalue weighted by Gasteiger charge is -2.20. The van der Waals surface area contributed by atoms with Gasteiger partial charge >= 0.3 is 5.97 Å². The molecule has 1 atom stereocenters. The Morgan fingerprint density at radius 2 is 1.90 bits per heavy atom. The summed E-state index contributed by atoms with van der Waals surface area (Å²) >= 11 is 0. The summed E-state index contributed by atoms with van der Waals surface area (Å²) in [6, 6.07) is 0. The van der Waals surface area contributed by atoms with Crippen molar-refractivity contribution in [3.63, 3.8) is 0 Å². The van der Waals surface area contributed by atoms with E-state index in [2.05, 4.69) is 32.4 Å². The Balaban J connectivity index is 4.52. The minimum absolute atomic E-state index is 0.000153. The lowest BCUT2D eigenvalue weighted by Crippen LogP contribution is -2.29. The summed E-state index contributed by atoms with van der Waals surface area (Å²) in [5, 5.41) is -0.000153. The molecule has 0 rings (SSSR count). The van der Waals surface area contributed by atoms with E-state index in [1.807, 2.05) is 6.08 Å². The van der Waals surface area contributed by atoms with E-state index in [9.17, 15) is 9.59 Å². The second-order valence-electron chi connectivity index (χ2n) is 6.03. The number of allylic oxidation sites excluding steroid dienone is 1. The molecule has 4 nitrogen and oxygen atoms in total. The van der Waals surface area contributed by atoms with Crippen molar-refractivity contribution in [2.45, 2.75) is 70.9 Å². The van der Waals surface area contributed by atoms with Crippen LogP contribution in [0, 0.1) is 0 Å². The predicted octanol–water partition coefficient (Wildman–Crippen LogP) is 3.48. The van der Waals surface area contributed by atoms with Crippen LogP contribution < -0.4 is 0 Å². The highest BCUT2D eigenvalue weighted by molar-refractivity contribution is 6.32. The number of ketones is 1. The number of carbonyl (C=O) groups is 2. The van der Waals surface area contributed by atoms with Crippen LogP contribution in [0.4, 0.5) is 0 Å². The van der Waals surface area contributed by atoms with Gasteiger partial charge in [-0.3, -0.25) is 9.59 Å². The Hall–Kier alpha value is -0.943. The van der Waals surface area contributed by atoms with Gasteiger partial charge < -0.3 is 9.16 Å². The number of unbranched alkanes of at least 4 members (excludes halogenated alkanes) is 3. The second-order valence-corrected chi connectivity index (χ2v) is 7.97. The monoisotopic (exact) mass is 312 g/mol. The molecule has 0 saturated heterocycles. The molecule has 0 aliphatic rings. The standard InChI is InChI=1S/C16H28O4Si/c1-6-7-8-9-10-11-14(20-21-16(2,3)4)13(17)12-15(18)19-5/h10-11,14H,6-9,12H2,1-5H3/b11-10+/t14-/m0/s1. The molecule has 2 radical (unpaired) electrons. The first kappa shape index (κ1) is 20.1. The van der Waals surface area contributed by atoms with Gasteiger partial charge in [-0.1, -0.05) is 52.7 Å². The largest absolute Gasteiger partial charge is 0.469 e. The third-order valence-corrected chi connectivity index (χ3v) is 3.63. The van der Waals surface area contributed by atoms with Crippen LogP contribution in [0.3, 0.4) is 0 Å². The fraction of sp³-hybridized carbons (Fsp3) is 0.750. The molecular formula is C16H28O4Si. The van der Waals surface area contributed by atoms with Gasteiger partial charge in [-0.2, -0.15) is 0 Å². The lowest BCUT2D eigenvalue weighted by atomic mass is 10.1. The topological polar surface area (TPSA) is 52.6 Å². The maximum atomic E-state index is 12.1. The molecule has 5 heteroatoms. The molecule has 0 unspecified atom stereocenters. The van der Waals surface area contributed by atoms with Crippen LogP contribution in [0.2, 0.25) is 5.04 Å². The van der Waals surface area contributed by atoms with E-state index >= 15 is 0 Å². The molecule has 0 aliphatic carbocycles. The number of ether oxygens (including phenoxy) is 1. The highest BCUT2D eigenvalue weighted by Crippen LogP contribution is 2.21. The van der Waals surface area contributed by atoms with Crippen molar-refractivity contribution in [3.05, 3.63) is 12.2 Å². The minimum Gasteiger partial charge on any atom is -0.469 e. The molecule has 21 heavy (non-hydrogen) atoms. The molecule has 0 heterocycles. The van der Waals surface area contributed by atoms with Gasteiger partial charge in [-0.15, -0.1) is 0 Å². The zero-order chi connectivity index (χ0) is 16.3. The van der Waals surface area contributed by atoms with Crippen LogP contribution in [0.25, 0.3) is 0 Å². The van der Waals surface area contributed by atoms with Crippen molar-refractivity contribution in [3.8, 4) is 0 Å². The third-order valence-electron chi connectivity index (χ3n) is 2.64. The number of esters is 1. The first-order valence-corrected chi connectivity index (χ1v) is 8.40. The van der Waals surface area contributed by atoms with Crippen LogP contribution in [0.15, 0.2) is 12.2 Å². The average Bonchev–Trinajstić information content (AvgIpc) is 2.40. The highest BCUT2D eigenvalue weighted by Gasteiger charge is 2.23. The normalized spacial score (nSPS) is 13.4. The van der Waals surface area contributed by atoms with Crippen LogP contribution in [0.5, 0.6) is 0 Å². The molecule has 0 aromatic rings. The fourth-order valence-corrected chi connectivity index (χ4v) is 2.19. The maximum Gasteiger partial charge on any atom is 0.313 e. The van der Waals surface area contributed by atoms with E-state index in [4.69, 9.17) is 4.43 Å². The van der Waals surface area contributed by atoms with Crippen molar-refractivity contribution in [1.82, 2.24) is 0 Å². The summed E-state index contributed by atoms with van der Waals surface area (Å²) in [7, 11) is 1.48. The molecule has 0 fully saturated rings. The van der Waals surface area contributed by atoms with Gasteiger partial charge in [0.05, 0.1) is 7.11 Å². The Labute approximate surface area is 131 Å². The number of carbonyl (C=O) groups excluding carboxylic acids is 2. The number of Topliss-reactive ketones (excluding diaryl/α,β-unsaturated/α-hetero) is 1. The molecular weight excluding hydrogens is 284 g/mol. The molecule has 0 bridgehead atoms. The van der Waals surface area contributed by atoms with E-state index in [0.717, 1.165) is 12.8 Å². The van der Waals surface area contributed by atoms with Gasteiger partial charge in [0, 0.05) is 0 Å². The Kier molecular flexibility index (Phi) is 10.3. The molecule has 0 aliphatic heterocycles. The van der Waals surface area contributed by atoms with Gasteiger partial charge in [0.25, 0.3) is 0 Å². The van der Waals surface area contributed by atoms with Crippen LogP contribution in [-0.2, 0) is 18.8 Å². The van der Waals surface area contributed by atoms with Gasteiger partial charge in [0.15, 0.2) is 5.78 Å². The fourth-order valence-electron chi connectivity index (χ4n) is 1.50. The van der Waals surface area contributed by atoms with Crippen molar-refractivity contribution in [2.24, 2.45) is 0 Å². The van der Waals surface area contributed by atoms with E-state index in [-0.39, 0.29) is 27.0 Å². The van der Waals surface area contributed by atoms with Crippen molar-refractivity contribution in [2.75, 3.05) is 7.11 Å². The van der Waals surface area contributed by atoms with E-state index in [1.54, 1.807) is 6.08 Å². The Bertz CT molecular complexity index is 345. The second kappa shape index (κ2) is 10.7. The highest BCUT2D eigenvalue weighted by atomic mass is 28.2. The Morgan fingerprint density at radius 3 is 2.43 bits per heavy atom. The summed E-state index contributed by atoms with van der Waals surface area (Å²) < 4.78 is 10.2. The molecule has 120 valence electrons. The number of hydrogen-bond acceptors (Lipinski definition) is 4. The summed E-state index contributed by atoms with van der Waals surface area (Å²) in [6.07, 6.45) is 7.24. The predicted molar refractivity (Wildman–Crippen MR) is 85.3 cm³/mol. The van der Waals surface area contributed by atoms with Crippen molar-refractivity contribution >= 4 is 21.5 Å². The van der Waals surface area contributed by atoms with E-state index in [0.29, 0.717) is 0 Å². The molecule has 0 aromatic heterocycles. The number of rotatable bonds is 10. The van der Waals surface area contributed by atoms with Gasteiger partial charge in [-0.25, -0.2) is 0 Å². The van der Waals surface area contributed by atoms with Crippen molar-refractivity contribution in [1.29, 1.82) is 0 Å². The SMILES string of the molecule is CCCCC/C=C/[C@H](O[Si]C(C)(C)C)C(=O)CC(=O)OC. The first-order chi connectivity index (χ1) is 9.80. The molecule has 0 amide bonds. The van der Waals surface area contributed by atoms with E-state index in [1.165, 1.54) is 20.0 Å². The first-order valence-electron chi connectivity index (χ1n) is 7.49. The lowest BCUT2D eigenvalue weighted by molar-refractivity contribution is -0.144. The molecule has 0 spiro atoms. The minimum atomic E-state index is -0.650. The van der Waals surface area contributed by atoms with Crippen molar-refractivity contribution < 1.29 is 18.8 Å². The third kappa shape index (κ3) is 11.4. The summed E-state index contributed by atoms with van der Waals surface area (Å²) in [6.45, 7) is 8.31. The van der Waals surface area contributed by atoms with Gasteiger partial charge in [-0.05, 0) is 17.9 Å². The molecule has 0 saturated carbocycles. The summed E-state index contributed by atoms with van der Waals surface area (Å²) in [5.74, 6) is -0.766. The molecule has 0 aromatic carbocycles. The smallest absolute Gasteiger partial charge is 0.313 e. The zero-order valence-corrected chi connectivity index (χ0v) is 14.9. The number of methoxy groups -OCH3 is 1. The maximum absolute atomic E-state index is 12.1. The zero-order valence-electron chi connectivity index (χ0n) is 13.9. The van der Waals surface area contributed by atoms with Crippen LogP contribution >= 0.6 is 0 Å². The van der Waals surface area contributed by atoms with E-state index < -0.39 is 12.1 Å². The summed E-state index contributed by atoms with van der Waals surface area (Å²) in [4.78, 5) is 23.3. The van der Waals surface area contributed by atoms with Gasteiger partial charge in [0.2, 0.25) is 9.76 Å². The van der Waals surface area contributed by atoms with Gasteiger partial charge in [0.1, 0.15) is 12.5 Å². The molecule has 0 N–H and O–H groups in total. The average molecular weight is 312 g/mol.